The molecule has 0 amide bonds. The number of aryl methyl sites for hydroxylation is 3. The number of phenolic OH excluding ortho intramolecular Hbond substituents is 2. The lowest BCUT2D eigenvalue weighted by Gasteiger charge is -2.23. The Bertz CT molecular complexity index is 1190. The zero-order valence-electron chi connectivity index (χ0n) is 18.8. The lowest BCUT2D eigenvalue weighted by molar-refractivity contribution is 0.445. The molecule has 1 aliphatic carbocycles. The number of aromatic amines is 1. The number of hydrogen-bond donors (Lipinski definition) is 5. The summed E-state index contributed by atoms with van der Waals surface area (Å²) in [5.74, 6) is 0.159. The van der Waals surface area contributed by atoms with Gasteiger partial charge < -0.3 is 20.5 Å². The van der Waals surface area contributed by atoms with E-state index < -0.39 is 0 Å². The monoisotopic (exact) mass is 448 g/mol. The Balaban J connectivity index is 1.61. The van der Waals surface area contributed by atoms with Gasteiger partial charge in [0.1, 0.15) is 11.5 Å². The molecule has 0 aliphatic heterocycles. The summed E-state index contributed by atoms with van der Waals surface area (Å²) in [6, 6.07) is 9.77. The van der Waals surface area contributed by atoms with Crippen LogP contribution in [0.4, 0.5) is 0 Å². The van der Waals surface area contributed by atoms with Gasteiger partial charge in [-0.25, -0.2) is 0 Å². The highest BCUT2D eigenvalue weighted by molar-refractivity contribution is 7.84. The van der Waals surface area contributed by atoms with Gasteiger partial charge in [-0.1, -0.05) is 25.6 Å². The second kappa shape index (κ2) is 9.37. The predicted octanol–water partition coefficient (Wildman–Crippen LogP) is 6.03. The highest BCUT2D eigenvalue weighted by Gasteiger charge is 2.19. The topological polar surface area (TPSA) is 68.3 Å². The summed E-state index contributed by atoms with van der Waals surface area (Å²) < 4.78 is 0. The first-order chi connectivity index (χ1) is 15.4. The van der Waals surface area contributed by atoms with E-state index in [-0.39, 0.29) is 17.5 Å². The second-order valence-electron chi connectivity index (χ2n) is 8.62. The minimum Gasteiger partial charge on any atom is -0.508 e. The number of aromatic nitrogens is 1. The zero-order valence-corrected chi connectivity index (χ0v) is 19.7. The first kappa shape index (κ1) is 22.4. The van der Waals surface area contributed by atoms with Gasteiger partial charge in [0.2, 0.25) is 0 Å². The van der Waals surface area contributed by atoms with Gasteiger partial charge in [0.15, 0.2) is 0 Å². The van der Waals surface area contributed by atoms with E-state index in [1.165, 1.54) is 46.6 Å². The number of rotatable bonds is 7. The summed E-state index contributed by atoms with van der Waals surface area (Å²) in [7, 11) is 0. The van der Waals surface area contributed by atoms with E-state index in [4.69, 9.17) is 0 Å². The van der Waals surface area contributed by atoms with Crippen molar-refractivity contribution in [3.63, 3.8) is 0 Å². The van der Waals surface area contributed by atoms with E-state index >= 15 is 0 Å². The summed E-state index contributed by atoms with van der Waals surface area (Å²) in [6.45, 7) is 8.00. The Morgan fingerprint density at radius 2 is 1.97 bits per heavy atom. The van der Waals surface area contributed by atoms with Crippen molar-refractivity contribution in [3.8, 4) is 11.5 Å². The summed E-state index contributed by atoms with van der Waals surface area (Å²) in [4.78, 5) is 4.33. The van der Waals surface area contributed by atoms with Crippen molar-refractivity contribution in [1.82, 2.24) is 10.3 Å². The van der Waals surface area contributed by atoms with Crippen LogP contribution in [-0.2, 0) is 25.7 Å². The molecule has 1 heterocycles. The van der Waals surface area contributed by atoms with Gasteiger partial charge in [-0.3, -0.25) is 0 Å². The number of allylic oxidation sites excluding steroid dienone is 1. The average Bonchev–Trinajstić information content (AvgIpc) is 3.15. The van der Waals surface area contributed by atoms with E-state index in [0.717, 1.165) is 35.4 Å². The maximum absolute atomic E-state index is 10.5. The Hall–Kier alpha value is -2.79. The van der Waals surface area contributed by atoms with Gasteiger partial charge in [0.05, 0.1) is 6.04 Å². The molecule has 1 atom stereocenters. The molecule has 0 saturated carbocycles. The molecule has 1 aliphatic rings. The van der Waals surface area contributed by atoms with Crippen molar-refractivity contribution in [1.29, 1.82) is 0 Å². The van der Waals surface area contributed by atoms with Gasteiger partial charge in [-0.05, 0) is 85.2 Å². The zero-order chi connectivity index (χ0) is 22.8. The Kier molecular flexibility index (Phi) is 6.56. The van der Waals surface area contributed by atoms with Crippen LogP contribution >= 0.6 is 12.6 Å². The van der Waals surface area contributed by atoms with Crippen LogP contribution in [0.3, 0.4) is 0 Å². The number of fused-ring (bicyclic) bond motifs is 3. The largest absolute Gasteiger partial charge is 0.508 e. The second-order valence-corrected chi connectivity index (χ2v) is 9.19. The standard InChI is InChI=1S/C27H32N2O2S/c1-4-18-14-21(27(31)15-26(18)30)22(5-2)28-25(16(3)32)13-17-10-11-24-20(12-17)19-8-6-7-9-23(19)29-24/h5,10-12,14-15,25,28-32H,3-4,6-9,13H2,1-2H3/b22-5-/t25-/m0/s1. The minimum absolute atomic E-state index is 0.0456. The van der Waals surface area contributed by atoms with Gasteiger partial charge in [-0.2, -0.15) is 0 Å². The van der Waals surface area contributed by atoms with E-state index in [1.54, 1.807) is 0 Å². The summed E-state index contributed by atoms with van der Waals surface area (Å²) in [6.07, 6.45) is 8.13. The van der Waals surface area contributed by atoms with Gasteiger partial charge in [0.25, 0.3) is 0 Å². The molecule has 32 heavy (non-hydrogen) atoms. The van der Waals surface area contributed by atoms with Crippen molar-refractivity contribution in [2.45, 2.75) is 58.4 Å². The van der Waals surface area contributed by atoms with Crippen LogP contribution in [0.5, 0.6) is 11.5 Å². The van der Waals surface area contributed by atoms with Crippen molar-refractivity contribution >= 4 is 29.2 Å². The normalized spacial score (nSPS) is 14.9. The van der Waals surface area contributed by atoms with Crippen molar-refractivity contribution in [2.24, 2.45) is 0 Å². The Labute approximate surface area is 195 Å². The lowest BCUT2D eigenvalue weighted by atomic mass is 9.94. The fraction of sp³-hybridized carbons (Fsp3) is 0.333. The maximum Gasteiger partial charge on any atom is 0.128 e. The molecule has 0 saturated heterocycles. The smallest absolute Gasteiger partial charge is 0.128 e. The SMILES string of the molecule is C=C(S)[C@H](Cc1ccc2[nH]c3c(c2c1)CCCC3)N/C(=C\C)c1cc(CC)c(O)cc1O. The predicted molar refractivity (Wildman–Crippen MR) is 136 cm³/mol. The third kappa shape index (κ3) is 4.40. The third-order valence-corrected chi connectivity index (χ3v) is 6.80. The number of phenols is 2. The van der Waals surface area contributed by atoms with Gasteiger partial charge in [-0.15, -0.1) is 12.6 Å². The van der Waals surface area contributed by atoms with E-state index in [1.807, 2.05) is 26.0 Å². The molecular weight excluding hydrogens is 416 g/mol. The van der Waals surface area contributed by atoms with Crippen molar-refractivity contribution in [3.05, 3.63) is 75.8 Å². The third-order valence-electron chi connectivity index (χ3n) is 6.49. The van der Waals surface area contributed by atoms with E-state index in [2.05, 4.69) is 47.7 Å². The number of aromatic hydroxyl groups is 2. The molecule has 4 N–H and O–H groups in total. The van der Waals surface area contributed by atoms with Crippen LogP contribution < -0.4 is 5.32 Å². The molecule has 0 radical (unpaired) electrons. The van der Waals surface area contributed by atoms with Crippen LogP contribution in [0.2, 0.25) is 0 Å². The number of benzene rings is 2. The summed E-state index contributed by atoms with van der Waals surface area (Å²) >= 11 is 4.58. The van der Waals surface area contributed by atoms with Crippen molar-refractivity contribution in [2.75, 3.05) is 0 Å². The molecule has 1 aromatic heterocycles. The number of nitrogens with one attached hydrogen (secondary N) is 2. The summed E-state index contributed by atoms with van der Waals surface area (Å²) in [5, 5.41) is 25.4. The molecule has 4 nitrogen and oxygen atoms in total. The quantitative estimate of drug-likeness (QED) is 0.287. The highest BCUT2D eigenvalue weighted by atomic mass is 32.1. The molecule has 5 heteroatoms. The molecule has 4 rings (SSSR count). The van der Waals surface area contributed by atoms with E-state index in [9.17, 15) is 10.2 Å². The molecule has 168 valence electrons. The van der Waals surface area contributed by atoms with Crippen LogP contribution in [0.1, 0.15) is 54.6 Å². The van der Waals surface area contributed by atoms with Crippen LogP contribution in [0.25, 0.3) is 16.6 Å². The van der Waals surface area contributed by atoms with Crippen LogP contribution in [0, 0.1) is 0 Å². The fourth-order valence-corrected chi connectivity index (χ4v) is 4.85. The first-order valence-corrected chi connectivity index (χ1v) is 11.8. The number of H-pyrrole nitrogens is 1. The first-order valence-electron chi connectivity index (χ1n) is 11.4. The highest BCUT2D eigenvalue weighted by Crippen LogP contribution is 2.33. The van der Waals surface area contributed by atoms with Crippen LogP contribution in [-0.4, -0.2) is 21.2 Å². The molecule has 2 aromatic carbocycles. The maximum atomic E-state index is 10.5. The Morgan fingerprint density at radius 3 is 2.69 bits per heavy atom. The van der Waals surface area contributed by atoms with Crippen molar-refractivity contribution < 1.29 is 10.2 Å². The summed E-state index contributed by atoms with van der Waals surface area (Å²) in [5.41, 5.74) is 7.54. The molecule has 3 aromatic rings. The average molecular weight is 449 g/mol. The minimum atomic E-state index is -0.116. The molecular formula is C27H32N2O2S. The van der Waals surface area contributed by atoms with Gasteiger partial charge >= 0.3 is 0 Å². The van der Waals surface area contributed by atoms with Gasteiger partial charge in [0, 0.05) is 33.9 Å². The molecule has 0 spiro atoms. The van der Waals surface area contributed by atoms with E-state index in [0.29, 0.717) is 12.0 Å². The molecule has 0 unspecified atom stereocenters. The Morgan fingerprint density at radius 1 is 1.19 bits per heavy atom. The lowest BCUT2D eigenvalue weighted by Crippen LogP contribution is -2.30. The number of hydrogen-bond acceptors (Lipinski definition) is 4. The molecule has 0 fully saturated rings. The van der Waals surface area contributed by atoms with Crippen LogP contribution in [0.15, 0.2) is 47.9 Å². The number of thiol groups is 1. The fourth-order valence-electron chi connectivity index (χ4n) is 4.69. The molecule has 0 bridgehead atoms.